The molecule has 130 valence electrons. The molecule has 25 heavy (non-hydrogen) atoms. The molecule has 0 aliphatic carbocycles. The van der Waals surface area contributed by atoms with Gasteiger partial charge in [-0.15, -0.1) is 0 Å². The van der Waals surface area contributed by atoms with Gasteiger partial charge in [-0.25, -0.2) is 4.79 Å². The Bertz CT molecular complexity index is 861. The van der Waals surface area contributed by atoms with Crippen molar-refractivity contribution in [3.05, 3.63) is 58.5 Å². The van der Waals surface area contributed by atoms with Crippen LogP contribution in [0, 0.1) is 5.92 Å². The number of urea groups is 1. The number of hydrogen-bond acceptors (Lipinski definition) is 3. The minimum Gasteiger partial charge on any atom is -0.495 e. The van der Waals surface area contributed by atoms with Crippen molar-refractivity contribution >= 4 is 11.7 Å². The summed E-state index contributed by atoms with van der Waals surface area (Å²) in [6.07, 6.45) is 1.03. The van der Waals surface area contributed by atoms with Gasteiger partial charge in [0.15, 0.2) is 0 Å². The summed E-state index contributed by atoms with van der Waals surface area (Å²) in [6, 6.07) is 12.7. The first-order chi connectivity index (χ1) is 12.2. The van der Waals surface area contributed by atoms with E-state index in [-0.39, 0.29) is 17.5 Å². The lowest BCUT2D eigenvalue weighted by molar-refractivity contribution is 0.139. The topological polar surface area (TPSA) is 63.6 Å². The van der Waals surface area contributed by atoms with Gasteiger partial charge < -0.3 is 19.5 Å². The Balaban J connectivity index is 1.54. The number of piperidine rings is 1. The van der Waals surface area contributed by atoms with Crippen LogP contribution in [-0.4, -0.2) is 35.7 Å². The fourth-order valence-corrected chi connectivity index (χ4v) is 4.00. The zero-order valence-electron chi connectivity index (χ0n) is 14.1. The van der Waals surface area contributed by atoms with Crippen LogP contribution >= 0.6 is 0 Å². The van der Waals surface area contributed by atoms with Crippen molar-refractivity contribution in [1.82, 2.24) is 9.47 Å². The number of benzene rings is 1. The first-order valence-corrected chi connectivity index (χ1v) is 8.54. The first kappa shape index (κ1) is 15.7. The van der Waals surface area contributed by atoms with Gasteiger partial charge in [0.05, 0.1) is 12.8 Å². The molecule has 2 atom stereocenters. The van der Waals surface area contributed by atoms with Crippen LogP contribution in [0.2, 0.25) is 0 Å². The van der Waals surface area contributed by atoms with Crippen molar-refractivity contribution in [3.8, 4) is 5.75 Å². The largest absolute Gasteiger partial charge is 0.495 e. The van der Waals surface area contributed by atoms with Gasteiger partial charge >= 0.3 is 6.03 Å². The lowest BCUT2D eigenvalue weighted by Gasteiger charge is -2.42. The van der Waals surface area contributed by atoms with E-state index in [9.17, 15) is 9.59 Å². The summed E-state index contributed by atoms with van der Waals surface area (Å²) in [5.74, 6) is 1.17. The molecule has 0 radical (unpaired) electrons. The molecular weight excluding hydrogens is 318 g/mol. The molecule has 1 saturated heterocycles. The second-order valence-corrected chi connectivity index (χ2v) is 6.73. The molecule has 0 spiro atoms. The number of amides is 2. The van der Waals surface area contributed by atoms with Crippen molar-refractivity contribution in [2.75, 3.05) is 25.5 Å². The van der Waals surface area contributed by atoms with Crippen LogP contribution in [0.3, 0.4) is 0 Å². The van der Waals surface area contributed by atoms with Crippen molar-refractivity contribution < 1.29 is 9.53 Å². The SMILES string of the molecule is COc1ccccc1NC(=O)N1C[C@H]2C[C@@H](C1)c1cccc(=O)n1C2. The molecule has 4 rings (SSSR count). The highest BCUT2D eigenvalue weighted by atomic mass is 16.5. The fourth-order valence-electron chi connectivity index (χ4n) is 4.00. The molecule has 1 aromatic carbocycles. The maximum atomic E-state index is 12.7. The Morgan fingerprint density at radius 3 is 2.80 bits per heavy atom. The second kappa shape index (κ2) is 6.27. The zero-order valence-corrected chi connectivity index (χ0v) is 14.1. The summed E-state index contributed by atoms with van der Waals surface area (Å²) in [7, 11) is 1.59. The summed E-state index contributed by atoms with van der Waals surface area (Å²) in [5.41, 5.74) is 1.76. The number of para-hydroxylation sites is 2. The number of anilines is 1. The fraction of sp³-hybridized carbons (Fsp3) is 0.368. The van der Waals surface area contributed by atoms with E-state index in [4.69, 9.17) is 4.74 Å². The van der Waals surface area contributed by atoms with Crippen molar-refractivity contribution in [2.24, 2.45) is 5.92 Å². The molecular formula is C19H21N3O3. The molecule has 1 fully saturated rings. The van der Waals surface area contributed by atoms with Crippen LogP contribution in [0.1, 0.15) is 18.0 Å². The van der Waals surface area contributed by atoms with Gasteiger partial charge in [0.25, 0.3) is 5.56 Å². The van der Waals surface area contributed by atoms with Crippen LogP contribution in [0.15, 0.2) is 47.3 Å². The zero-order chi connectivity index (χ0) is 17.4. The van der Waals surface area contributed by atoms with E-state index < -0.39 is 0 Å². The number of carbonyl (C=O) groups is 1. The number of methoxy groups -OCH3 is 1. The molecule has 2 amide bonds. The smallest absolute Gasteiger partial charge is 0.321 e. The summed E-state index contributed by atoms with van der Waals surface area (Å²) < 4.78 is 7.17. The van der Waals surface area contributed by atoms with E-state index >= 15 is 0 Å². The van der Waals surface area contributed by atoms with E-state index in [1.54, 1.807) is 13.2 Å². The second-order valence-electron chi connectivity index (χ2n) is 6.73. The molecule has 6 nitrogen and oxygen atoms in total. The van der Waals surface area contributed by atoms with Gasteiger partial charge in [-0.2, -0.15) is 0 Å². The molecule has 0 unspecified atom stereocenters. The van der Waals surface area contributed by atoms with E-state index in [0.29, 0.717) is 37.0 Å². The van der Waals surface area contributed by atoms with Gasteiger partial charge in [0, 0.05) is 37.3 Å². The van der Waals surface area contributed by atoms with E-state index in [1.165, 1.54) is 0 Å². The number of fused-ring (bicyclic) bond motifs is 4. The van der Waals surface area contributed by atoms with E-state index in [1.807, 2.05) is 45.9 Å². The molecule has 6 heteroatoms. The lowest BCUT2D eigenvalue weighted by Crippen LogP contribution is -2.50. The number of hydrogen-bond donors (Lipinski definition) is 1. The van der Waals surface area contributed by atoms with Gasteiger partial charge in [-0.05, 0) is 30.5 Å². The number of rotatable bonds is 2. The standard InChI is InChI=1S/C19H21N3O3/c1-25-17-7-3-2-5-15(17)20-19(24)21-10-13-9-14(12-21)16-6-4-8-18(23)22(16)11-13/h2-8,13-14H,9-12H2,1H3,(H,20,24)/t13-,14+/m1/s1. The normalized spacial score (nSPS) is 21.4. The lowest BCUT2D eigenvalue weighted by atomic mass is 9.83. The molecule has 2 aliphatic heterocycles. The first-order valence-electron chi connectivity index (χ1n) is 8.54. The molecule has 1 N–H and O–H groups in total. The minimum atomic E-state index is -0.120. The highest BCUT2D eigenvalue weighted by Gasteiger charge is 2.36. The van der Waals surface area contributed by atoms with E-state index in [0.717, 1.165) is 12.1 Å². The molecule has 2 aromatic rings. The Kier molecular flexibility index (Phi) is 3.95. The average molecular weight is 339 g/mol. The summed E-state index contributed by atoms with van der Waals surface area (Å²) >= 11 is 0. The predicted molar refractivity (Wildman–Crippen MR) is 95.1 cm³/mol. The maximum Gasteiger partial charge on any atom is 0.321 e. The molecule has 2 bridgehead atoms. The van der Waals surface area contributed by atoms with Crippen molar-refractivity contribution in [2.45, 2.75) is 18.9 Å². The molecule has 0 saturated carbocycles. The van der Waals surface area contributed by atoms with Crippen LogP contribution in [-0.2, 0) is 6.54 Å². The predicted octanol–water partition coefficient (Wildman–Crippen LogP) is 2.51. The minimum absolute atomic E-state index is 0.0547. The molecule has 1 aromatic heterocycles. The van der Waals surface area contributed by atoms with Crippen LogP contribution in [0.4, 0.5) is 10.5 Å². The van der Waals surface area contributed by atoms with Gasteiger partial charge in [0.1, 0.15) is 5.75 Å². The third-order valence-corrected chi connectivity index (χ3v) is 5.12. The number of pyridine rings is 1. The number of nitrogens with zero attached hydrogens (tertiary/aromatic N) is 2. The van der Waals surface area contributed by atoms with Gasteiger partial charge in [-0.3, -0.25) is 4.79 Å². The summed E-state index contributed by atoms with van der Waals surface area (Å²) in [6.45, 7) is 1.98. The summed E-state index contributed by atoms with van der Waals surface area (Å²) in [4.78, 5) is 26.7. The van der Waals surface area contributed by atoms with Crippen LogP contribution in [0.25, 0.3) is 0 Å². The number of aromatic nitrogens is 1. The number of carbonyl (C=O) groups excluding carboxylic acids is 1. The van der Waals surface area contributed by atoms with E-state index in [2.05, 4.69) is 5.32 Å². The number of nitrogens with one attached hydrogen (secondary N) is 1. The van der Waals surface area contributed by atoms with Crippen LogP contribution < -0.4 is 15.6 Å². The van der Waals surface area contributed by atoms with Crippen LogP contribution in [0.5, 0.6) is 5.75 Å². The Morgan fingerprint density at radius 1 is 1.12 bits per heavy atom. The quantitative estimate of drug-likeness (QED) is 0.914. The Morgan fingerprint density at radius 2 is 1.96 bits per heavy atom. The maximum absolute atomic E-state index is 12.7. The highest BCUT2D eigenvalue weighted by molar-refractivity contribution is 5.91. The van der Waals surface area contributed by atoms with Crippen molar-refractivity contribution in [1.29, 1.82) is 0 Å². The number of likely N-dealkylation sites (tertiary alicyclic amines) is 1. The van der Waals surface area contributed by atoms with Crippen molar-refractivity contribution in [3.63, 3.8) is 0 Å². The third-order valence-electron chi connectivity index (χ3n) is 5.12. The van der Waals surface area contributed by atoms with Gasteiger partial charge in [-0.1, -0.05) is 18.2 Å². The monoisotopic (exact) mass is 339 g/mol. The summed E-state index contributed by atoms with van der Waals surface area (Å²) in [5, 5.41) is 2.95. The number of ether oxygens (including phenoxy) is 1. The average Bonchev–Trinajstić information content (AvgIpc) is 2.63. The Hall–Kier alpha value is -2.76. The Labute approximate surface area is 146 Å². The molecule has 3 heterocycles. The van der Waals surface area contributed by atoms with Gasteiger partial charge in [0.2, 0.25) is 0 Å². The molecule has 2 aliphatic rings. The third kappa shape index (κ3) is 2.88. The highest BCUT2D eigenvalue weighted by Crippen LogP contribution is 2.35.